The van der Waals surface area contributed by atoms with Crippen molar-refractivity contribution in [2.75, 3.05) is 6.61 Å². The summed E-state index contributed by atoms with van der Waals surface area (Å²) < 4.78 is 8.23. The number of aryl methyl sites for hydroxylation is 1. The molecule has 2 aromatic carbocycles. The Balaban J connectivity index is 1.64. The third kappa shape index (κ3) is 4.13. The van der Waals surface area contributed by atoms with Gasteiger partial charge in [-0.05, 0) is 42.8 Å². The van der Waals surface area contributed by atoms with Crippen LogP contribution in [0.4, 0.5) is 0 Å². The molecule has 0 aliphatic heterocycles. The first-order valence-corrected chi connectivity index (χ1v) is 10.3. The van der Waals surface area contributed by atoms with Crippen LogP contribution in [0.5, 0.6) is 0 Å². The van der Waals surface area contributed by atoms with Crippen LogP contribution >= 0.6 is 11.8 Å². The van der Waals surface area contributed by atoms with E-state index < -0.39 is 5.97 Å². The van der Waals surface area contributed by atoms with Crippen molar-refractivity contribution in [2.45, 2.75) is 23.4 Å². The number of hydrogen-bond acceptors (Lipinski definition) is 6. The number of benzene rings is 2. The molecule has 0 bridgehead atoms. The first-order valence-electron chi connectivity index (χ1n) is 9.47. The minimum atomic E-state index is -0.405. The molecule has 30 heavy (non-hydrogen) atoms. The first kappa shape index (κ1) is 19.9. The summed E-state index contributed by atoms with van der Waals surface area (Å²) in [5.41, 5.74) is 0.919. The van der Waals surface area contributed by atoms with E-state index in [2.05, 4.69) is 10.2 Å². The van der Waals surface area contributed by atoms with Crippen molar-refractivity contribution in [2.24, 2.45) is 7.05 Å². The molecule has 152 valence electrons. The van der Waals surface area contributed by atoms with Gasteiger partial charge in [0.15, 0.2) is 0 Å². The number of nitrogens with zero attached hydrogens (tertiary/aromatic N) is 4. The SMILES string of the molecule is CCOC(=O)c1ccccc1Cn1ncc2cc(Sc3ccn(C)n3)ccc2c1=O. The van der Waals surface area contributed by atoms with Crippen LogP contribution in [-0.2, 0) is 18.3 Å². The lowest BCUT2D eigenvalue weighted by Gasteiger charge is -2.11. The normalized spacial score (nSPS) is 11.0. The maximum absolute atomic E-state index is 13.0. The second kappa shape index (κ2) is 8.54. The van der Waals surface area contributed by atoms with Crippen molar-refractivity contribution < 1.29 is 9.53 Å². The minimum Gasteiger partial charge on any atom is -0.462 e. The molecular formula is C22H20N4O3S. The number of hydrogen-bond donors (Lipinski definition) is 0. The Labute approximate surface area is 177 Å². The number of carbonyl (C=O) groups excluding carboxylic acids is 1. The highest BCUT2D eigenvalue weighted by Gasteiger charge is 2.14. The summed E-state index contributed by atoms with van der Waals surface area (Å²) in [5.74, 6) is -0.405. The standard InChI is InChI=1S/C22H20N4O3S/c1-3-29-22(28)19-7-5-4-6-15(19)14-26-21(27)18-9-8-17(12-16(18)13-23-26)30-20-10-11-25(2)24-20/h4-13H,3,14H2,1-2H3. The van der Waals surface area contributed by atoms with Crippen molar-refractivity contribution >= 4 is 28.5 Å². The fourth-order valence-corrected chi connectivity index (χ4v) is 4.00. The van der Waals surface area contributed by atoms with Gasteiger partial charge in [0, 0.05) is 23.5 Å². The van der Waals surface area contributed by atoms with Crippen LogP contribution in [-0.4, -0.2) is 32.1 Å². The summed E-state index contributed by atoms with van der Waals surface area (Å²) in [5, 5.41) is 10.9. The molecule has 0 aliphatic carbocycles. The highest BCUT2D eigenvalue weighted by atomic mass is 32.2. The van der Waals surface area contributed by atoms with Crippen LogP contribution in [0.25, 0.3) is 10.8 Å². The Kier molecular flexibility index (Phi) is 5.67. The Morgan fingerprint density at radius 1 is 1.17 bits per heavy atom. The average Bonchev–Trinajstić information content (AvgIpc) is 3.15. The molecule has 0 atom stereocenters. The molecule has 7 nitrogen and oxygen atoms in total. The molecule has 8 heteroatoms. The lowest BCUT2D eigenvalue weighted by atomic mass is 10.1. The average molecular weight is 420 g/mol. The molecule has 0 radical (unpaired) electrons. The summed E-state index contributed by atoms with van der Waals surface area (Å²) in [6.45, 7) is 2.24. The molecule has 0 unspecified atom stereocenters. The molecule has 2 aromatic heterocycles. The summed E-state index contributed by atoms with van der Waals surface area (Å²) in [6, 6.07) is 14.7. The Bertz CT molecular complexity index is 1280. The summed E-state index contributed by atoms with van der Waals surface area (Å²) >= 11 is 1.53. The maximum Gasteiger partial charge on any atom is 0.338 e. The van der Waals surface area contributed by atoms with E-state index in [1.54, 1.807) is 42.1 Å². The monoisotopic (exact) mass is 420 g/mol. The molecule has 0 amide bonds. The van der Waals surface area contributed by atoms with Crippen molar-refractivity contribution in [1.82, 2.24) is 19.6 Å². The molecule has 0 saturated heterocycles. The van der Waals surface area contributed by atoms with Gasteiger partial charge in [-0.2, -0.15) is 10.2 Å². The molecule has 4 rings (SSSR count). The summed E-state index contributed by atoms with van der Waals surface area (Å²) in [7, 11) is 1.87. The van der Waals surface area contributed by atoms with Crippen LogP contribution in [0, 0.1) is 0 Å². The topological polar surface area (TPSA) is 79.0 Å². The largest absolute Gasteiger partial charge is 0.462 e. The second-order valence-electron chi connectivity index (χ2n) is 6.66. The van der Waals surface area contributed by atoms with Crippen molar-refractivity contribution in [3.05, 3.63) is 82.4 Å². The van der Waals surface area contributed by atoms with Gasteiger partial charge in [0.1, 0.15) is 5.03 Å². The van der Waals surface area contributed by atoms with Gasteiger partial charge < -0.3 is 4.74 Å². The highest BCUT2D eigenvalue weighted by Crippen LogP contribution is 2.27. The van der Waals surface area contributed by atoms with Gasteiger partial charge in [0.05, 0.1) is 30.3 Å². The third-order valence-corrected chi connectivity index (χ3v) is 5.48. The van der Waals surface area contributed by atoms with E-state index in [-0.39, 0.29) is 12.1 Å². The number of ether oxygens (including phenoxy) is 1. The van der Waals surface area contributed by atoms with Gasteiger partial charge in [-0.1, -0.05) is 30.0 Å². The van der Waals surface area contributed by atoms with E-state index >= 15 is 0 Å². The zero-order chi connectivity index (χ0) is 21.1. The van der Waals surface area contributed by atoms with Crippen LogP contribution in [0.15, 0.2) is 75.6 Å². The maximum atomic E-state index is 13.0. The Hall–Kier alpha value is -3.39. The van der Waals surface area contributed by atoms with Crippen LogP contribution in [0.3, 0.4) is 0 Å². The molecule has 0 fully saturated rings. The van der Waals surface area contributed by atoms with Crippen LogP contribution in [0.1, 0.15) is 22.8 Å². The molecule has 0 saturated carbocycles. The smallest absolute Gasteiger partial charge is 0.338 e. The predicted octanol–water partition coefficient (Wildman–Crippen LogP) is 3.51. The van der Waals surface area contributed by atoms with Gasteiger partial charge in [0.2, 0.25) is 0 Å². The first-order chi connectivity index (χ1) is 14.5. The van der Waals surface area contributed by atoms with Crippen molar-refractivity contribution in [3.8, 4) is 0 Å². The van der Waals surface area contributed by atoms with Gasteiger partial charge in [-0.15, -0.1) is 0 Å². The van der Waals surface area contributed by atoms with Crippen molar-refractivity contribution in [1.29, 1.82) is 0 Å². The number of aromatic nitrogens is 4. The van der Waals surface area contributed by atoms with Gasteiger partial charge in [-0.25, -0.2) is 9.48 Å². The summed E-state index contributed by atoms with van der Waals surface area (Å²) in [6.07, 6.45) is 3.56. The van der Waals surface area contributed by atoms with Crippen molar-refractivity contribution in [3.63, 3.8) is 0 Å². The van der Waals surface area contributed by atoms with E-state index in [1.807, 2.05) is 37.5 Å². The van der Waals surface area contributed by atoms with Crippen LogP contribution < -0.4 is 5.56 Å². The lowest BCUT2D eigenvalue weighted by Crippen LogP contribution is -2.24. The lowest BCUT2D eigenvalue weighted by molar-refractivity contribution is 0.0525. The Morgan fingerprint density at radius 2 is 2.00 bits per heavy atom. The third-order valence-electron chi connectivity index (χ3n) is 4.57. The molecule has 2 heterocycles. The van der Waals surface area contributed by atoms with E-state index in [4.69, 9.17) is 4.74 Å². The molecule has 0 spiro atoms. The number of carbonyl (C=O) groups is 1. The molecule has 0 N–H and O–H groups in total. The number of rotatable bonds is 6. The number of esters is 1. The fraction of sp³-hybridized carbons (Fsp3) is 0.182. The quantitative estimate of drug-likeness (QED) is 0.444. The minimum absolute atomic E-state index is 0.189. The zero-order valence-corrected chi connectivity index (χ0v) is 17.4. The Morgan fingerprint density at radius 3 is 2.77 bits per heavy atom. The summed E-state index contributed by atoms with van der Waals surface area (Å²) in [4.78, 5) is 26.2. The van der Waals surface area contributed by atoms with Gasteiger partial charge in [0.25, 0.3) is 5.56 Å². The predicted molar refractivity (Wildman–Crippen MR) is 115 cm³/mol. The second-order valence-corrected chi connectivity index (χ2v) is 7.76. The van der Waals surface area contributed by atoms with E-state index in [0.717, 1.165) is 15.3 Å². The van der Waals surface area contributed by atoms with E-state index in [1.165, 1.54) is 16.4 Å². The number of fused-ring (bicyclic) bond motifs is 1. The highest BCUT2D eigenvalue weighted by molar-refractivity contribution is 7.99. The van der Waals surface area contributed by atoms with Gasteiger partial charge in [-0.3, -0.25) is 9.48 Å². The zero-order valence-electron chi connectivity index (χ0n) is 16.6. The van der Waals surface area contributed by atoms with Crippen LogP contribution in [0.2, 0.25) is 0 Å². The molecule has 0 aliphatic rings. The molecular weight excluding hydrogens is 400 g/mol. The fourth-order valence-electron chi connectivity index (χ4n) is 3.14. The van der Waals surface area contributed by atoms with E-state index in [9.17, 15) is 9.59 Å². The van der Waals surface area contributed by atoms with E-state index in [0.29, 0.717) is 23.1 Å². The molecule has 4 aromatic rings. The van der Waals surface area contributed by atoms with Gasteiger partial charge >= 0.3 is 5.97 Å².